The molecule has 1 aliphatic rings. The van der Waals surface area contributed by atoms with Crippen molar-refractivity contribution in [3.05, 3.63) is 107 Å². The van der Waals surface area contributed by atoms with E-state index in [1.807, 2.05) is 37.3 Å². The largest absolute Gasteiger partial charge is 0.354 e. The highest BCUT2D eigenvalue weighted by atomic mass is 32.2. The molecule has 1 aliphatic heterocycles. The number of nitrogens with zero attached hydrogens (tertiary/aromatic N) is 4. The van der Waals surface area contributed by atoms with Crippen molar-refractivity contribution in [2.75, 3.05) is 31.1 Å². The van der Waals surface area contributed by atoms with Gasteiger partial charge in [-0.2, -0.15) is 4.31 Å². The third-order valence-corrected chi connectivity index (χ3v) is 8.40. The highest BCUT2D eigenvalue weighted by molar-refractivity contribution is 7.89. The van der Waals surface area contributed by atoms with Crippen LogP contribution in [-0.4, -0.2) is 48.9 Å². The Bertz CT molecular complexity index is 1510. The van der Waals surface area contributed by atoms with Crippen LogP contribution >= 0.6 is 0 Å². The molecule has 1 fully saturated rings. The lowest BCUT2D eigenvalue weighted by Crippen LogP contribution is -2.49. The first-order valence-corrected chi connectivity index (χ1v) is 13.4. The predicted molar refractivity (Wildman–Crippen MR) is 139 cm³/mol. The molecule has 0 amide bonds. The van der Waals surface area contributed by atoms with Gasteiger partial charge in [0.15, 0.2) is 5.82 Å². The van der Waals surface area contributed by atoms with E-state index in [4.69, 9.17) is 9.97 Å². The third-order valence-electron chi connectivity index (χ3n) is 6.49. The van der Waals surface area contributed by atoms with Gasteiger partial charge in [-0.1, -0.05) is 42.5 Å². The van der Waals surface area contributed by atoms with E-state index in [0.29, 0.717) is 30.9 Å². The number of sulfonamides is 1. The summed E-state index contributed by atoms with van der Waals surface area (Å²) in [5.74, 6) is 0.288. The maximum absolute atomic E-state index is 13.9. The Morgan fingerprint density at radius 3 is 2.19 bits per heavy atom. The molecule has 0 unspecified atom stereocenters. The van der Waals surface area contributed by atoms with Crippen molar-refractivity contribution < 1.29 is 17.2 Å². The molecule has 0 spiro atoms. The molecule has 0 atom stereocenters. The number of benzene rings is 3. The van der Waals surface area contributed by atoms with Gasteiger partial charge in [0.2, 0.25) is 10.0 Å². The Hall–Kier alpha value is -3.69. The summed E-state index contributed by atoms with van der Waals surface area (Å²) in [7, 11) is -3.74. The Labute approximate surface area is 215 Å². The zero-order valence-electron chi connectivity index (χ0n) is 20.3. The number of hydrogen-bond donors (Lipinski definition) is 0. The Balaban J connectivity index is 1.46. The van der Waals surface area contributed by atoms with Gasteiger partial charge < -0.3 is 4.90 Å². The van der Waals surface area contributed by atoms with Crippen LogP contribution in [0, 0.1) is 18.6 Å². The Morgan fingerprint density at radius 2 is 1.51 bits per heavy atom. The molecule has 5 rings (SSSR count). The summed E-state index contributed by atoms with van der Waals surface area (Å²) < 4.78 is 54.9. The number of rotatable bonds is 6. The zero-order valence-corrected chi connectivity index (χ0v) is 21.1. The first kappa shape index (κ1) is 25.0. The average Bonchev–Trinajstić information content (AvgIpc) is 2.90. The molecule has 190 valence electrons. The van der Waals surface area contributed by atoms with E-state index in [1.165, 1.54) is 28.6 Å². The minimum absolute atomic E-state index is 0.0680. The van der Waals surface area contributed by atoms with Gasteiger partial charge in [-0.3, -0.25) is 0 Å². The van der Waals surface area contributed by atoms with E-state index in [2.05, 4.69) is 4.90 Å². The predicted octanol–water partition coefficient (Wildman–Crippen LogP) is 4.83. The van der Waals surface area contributed by atoms with Crippen LogP contribution in [0.2, 0.25) is 0 Å². The molecule has 0 N–H and O–H groups in total. The van der Waals surface area contributed by atoms with Gasteiger partial charge in [-0.25, -0.2) is 27.2 Å². The fourth-order valence-electron chi connectivity index (χ4n) is 4.50. The van der Waals surface area contributed by atoms with Gasteiger partial charge in [-0.05, 0) is 48.9 Å². The second-order valence-electron chi connectivity index (χ2n) is 8.95. The second kappa shape index (κ2) is 10.4. The van der Waals surface area contributed by atoms with Gasteiger partial charge in [0.05, 0.1) is 4.90 Å². The fraction of sp³-hybridized carbons (Fsp3) is 0.214. The van der Waals surface area contributed by atoms with Crippen molar-refractivity contribution in [2.45, 2.75) is 18.2 Å². The van der Waals surface area contributed by atoms with Crippen molar-refractivity contribution >= 4 is 15.8 Å². The number of anilines is 1. The summed E-state index contributed by atoms with van der Waals surface area (Å²) in [4.78, 5) is 11.7. The van der Waals surface area contributed by atoms with Gasteiger partial charge >= 0.3 is 0 Å². The fourth-order valence-corrected chi connectivity index (χ4v) is 5.92. The number of hydrogen-bond acceptors (Lipinski definition) is 5. The summed E-state index contributed by atoms with van der Waals surface area (Å²) in [5.41, 5.74) is 3.41. The van der Waals surface area contributed by atoms with Crippen LogP contribution in [-0.2, 0) is 16.4 Å². The molecule has 3 aromatic carbocycles. The molecule has 0 saturated carbocycles. The van der Waals surface area contributed by atoms with E-state index < -0.39 is 15.8 Å². The molecule has 1 saturated heterocycles. The van der Waals surface area contributed by atoms with Crippen LogP contribution in [0.5, 0.6) is 0 Å². The Morgan fingerprint density at radius 1 is 0.811 bits per heavy atom. The molecule has 4 aromatic rings. The molecule has 0 bridgehead atoms. The number of piperazine rings is 1. The SMILES string of the molecule is Cc1nc(-c2cccc(F)c2)nc(N2CCN(S(=O)(=O)c3ccc(F)cc3)CC2)c1Cc1ccccc1. The van der Waals surface area contributed by atoms with Gasteiger partial charge in [0.25, 0.3) is 0 Å². The van der Waals surface area contributed by atoms with Gasteiger partial charge in [0, 0.05) is 49.4 Å². The number of halogens is 2. The van der Waals surface area contributed by atoms with Crippen LogP contribution in [0.3, 0.4) is 0 Å². The highest BCUT2D eigenvalue weighted by Crippen LogP contribution is 2.29. The van der Waals surface area contributed by atoms with Crippen LogP contribution in [0.1, 0.15) is 16.8 Å². The lowest BCUT2D eigenvalue weighted by atomic mass is 10.0. The quantitative estimate of drug-likeness (QED) is 0.364. The lowest BCUT2D eigenvalue weighted by molar-refractivity contribution is 0.383. The molecule has 0 radical (unpaired) electrons. The van der Waals surface area contributed by atoms with Gasteiger partial charge in [-0.15, -0.1) is 0 Å². The summed E-state index contributed by atoms with van der Waals surface area (Å²) in [6.07, 6.45) is 0.611. The summed E-state index contributed by atoms with van der Waals surface area (Å²) >= 11 is 0. The average molecular weight is 521 g/mol. The van der Waals surface area contributed by atoms with Crippen molar-refractivity contribution in [1.82, 2.24) is 14.3 Å². The number of aromatic nitrogens is 2. The minimum atomic E-state index is -3.74. The van der Waals surface area contributed by atoms with E-state index in [-0.39, 0.29) is 23.8 Å². The lowest BCUT2D eigenvalue weighted by Gasteiger charge is -2.36. The molecule has 37 heavy (non-hydrogen) atoms. The molecule has 2 heterocycles. The zero-order chi connectivity index (χ0) is 26.0. The van der Waals surface area contributed by atoms with E-state index >= 15 is 0 Å². The van der Waals surface area contributed by atoms with Crippen LogP contribution in [0.25, 0.3) is 11.4 Å². The molecule has 1 aromatic heterocycles. The number of aryl methyl sites for hydroxylation is 1. The first-order chi connectivity index (χ1) is 17.8. The van der Waals surface area contributed by atoms with Crippen molar-refractivity contribution in [2.24, 2.45) is 0 Å². The molecular weight excluding hydrogens is 494 g/mol. The summed E-state index contributed by atoms with van der Waals surface area (Å²) in [6.45, 7) is 3.26. The summed E-state index contributed by atoms with van der Waals surface area (Å²) in [5, 5.41) is 0. The maximum atomic E-state index is 13.9. The second-order valence-corrected chi connectivity index (χ2v) is 10.9. The standard InChI is InChI=1S/C28H26F2N4O2S/c1-20-26(18-21-6-3-2-4-7-21)28(32-27(31-20)22-8-5-9-24(30)19-22)33-14-16-34(17-15-33)37(35,36)25-12-10-23(29)11-13-25/h2-13,19H,14-18H2,1H3. The van der Waals surface area contributed by atoms with E-state index in [9.17, 15) is 17.2 Å². The topological polar surface area (TPSA) is 66.4 Å². The normalized spacial score (nSPS) is 14.6. The Kier molecular flexibility index (Phi) is 6.99. The first-order valence-electron chi connectivity index (χ1n) is 12.0. The molecular formula is C28H26F2N4O2S. The minimum Gasteiger partial charge on any atom is -0.354 e. The van der Waals surface area contributed by atoms with Crippen molar-refractivity contribution in [3.8, 4) is 11.4 Å². The van der Waals surface area contributed by atoms with Crippen LogP contribution in [0.15, 0.2) is 83.8 Å². The molecule has 9 heteroatoms. The van der Waals surface area contributed by atoms with E-state index in [1.54, 1.807) is 12.1 Å². The van der Waals surface area contributed by atoms with Gasteiger partial charge in [0.1, 0.15) is 17.5 Å². The smallest absolute Gasteiger partial charge is 0.243 e. The third kappa shape index (κ3) is 5.38. The maximum Gasteiger partial charge on any atom is 0.243 e. The van der Waals surface area contributed by atoms with E-state index in [0.717, 1.165) is 34.8 Å². The van der Waals surface area contributed by atoms with Crippen molar-refractivity contribution in [3.63, 3.8) is 0 Å². The van der Waals surface area contributed by atoms with Crippen LogP contribution < -0.4 is 4.90 Å². The summed E-state index contributed by atoms with van der Waals surface area (Å²) in [6, 6.07) is 21.0. The monoisotopic (exact) mass is 520 g/mol. The van der Waals surface area contributed by atoms with Crippen molar-refractivity contribution in [1.29, 1.82) is 0 Å². The highest BCUT2D eigenvalue weighted by Gasteiger charge is 2.30. The van der Waals surface area contributed by atoms with Crippen LogP contribution in [0.4, 0.5) is 14.6 Å². The molecule has 6 nitrogen and oxygen atoms in total. The molecule has 0 aliphatic carbocycles.